The van der Waals surface area contributed by atoms with Gasteiger partial charge in [0.1, 0.15) is 5.82 Å². The van der Waals surface area contributed by atoms with Gasteiger partial charge in [-0.2, -0.15) is 4.57 Å². The zero-order valence-electron chi connectivity index (χ0n) is 12.3. The van der Waals surface area contributed by atoms with Gasteiger partial charge in [0, 0.05) is 24.7 Å². The van der Waals surface area contributed by atoms with Crippen molar-refractivity contribution >= 4 is 11.6 Å². The maximum absolute atomic E-state index is 12.8. The summed E-state index contributed by atoms with van der Waals surface area (Å²) in [5.41, 5.74) is 1.86. The Balaban J connectivity index is 2.02. The number of pyridine rings is 1. The van der Waals surface area contributed by atoms with Gasteiger partial charge in [0.2, 0.25) is 6.04 Å². The van der Waals surface area contributed by atoms with Gasteiger partial charge in [-0.15, -0.1) is 0 Å². The van der Waals surface area contributed by atoms with Crippen LogP contribution in [0.15, 0.2) is 48.8 Å². The van der Waals surface area contributed by atoms with E-state index in [2.05, 4.69) is 12.2 Å². The van der Waals surface area contributed by atoms with Crippen LogP contribution in [0.2, 0.25) is 0 Å². The third-order valence-corrected chi connectivity index (χ3v) is 3.40. The molecule has 0 saturated heterocycles. The van der Waals surface area contributed by atoms with Crippen molar-refractivity contribution in [2.75, 3.05) is 5.32 Å². The topological polar surface area (TPSA) is 33.0 Å². The lowest BCUT2D eigenvalue weighted by Gasteiger charge is -2.09. The van der Waals surface area contributed by atoms with Gasteiger partial charge in [-0.25, -0.2) is 4.39 Å². The van der Waals surface area contributed by atoms with Gasteiger partial charge in [0.05, 0.1) is 0 Å². The number of hydrogen-bond donors (Lipinski definition) is 1. The van der Waals surface area contributed by atoms with E-state index in [1.807, 2.05) is 36.0 Å². The summed E-state index contributed by atoms with van der Waals surface area (Å²) in [6.07, 6.45) is 5.97. The fourth-order valence-electron chi connectivity index (χ4n) is 2.10. The molecule has 1 aromatic carbocycles. The smallest absolute Gasteiger partial charge is 0.293 e. The highest BCUT2D eigenvalue weighted by Gasteiger charge is 2.21. The Hall–Kier alpha value is -2.23. The maximum Gasteiger partial charge on any atom is 0.293 e. The molecule has 1 amide bonds. The molecule has 2 rings (SSSR count). The third-order valence-electron chi connectivity index (χ3n) is 3.40. The van der Waals surface area contributed by atoms with Crippen LogP contribution in [0.3, 0.4) is 0 Å². The normalized spacial score (nSPS) is 12.0. The molecule has 3 nitrogen and oxygen atoms in total. The lowest BCUT2D eigenvalue weighted by molar-refractivity contribution is -0.705. The number of carbonyl (C=O) groups is 1. The van der Waals surface area contributed by atoms with E-state index in [1.54, 1.807) is 12.1 Å². The zero-order valence-corrected chi connectivity index (χ0v) is 12.3. The Labute approximate surface area is 124 Å². The largest absolute Gasteiger partial charge is 0.320 e. The van der Waals surface area contributed by atoms with Gasteiger partial charge >= 0.3 is 0 Å². The number of aromatic nitrogens is 1. The van der Waals surface area contributed by atoms with Crippen molar-refractivity contribution in [1.29, 1.82) is 0 Å². The standard InChI is InChI=1S/C17H19FN2O/c1-3-4-14-9-11-20(12-10-14)13(2)17(21)19-16-7-5-15(18)6-8-16/h5-13H,3-4H2,1-2H3/p+1/t13-/m1/s1. The lowest BCUT2D eigenvalue weighted by atomic mass is 10.1. The molecule has 0 aliphatic rings. The Bertz CT molecular complexity index is 593. The Morgan fingerprint density at radius 3 is 2.38 bits per heavy atom. The first-order valence-electron chi connectivity index (χ1n) is 7.16. The van der Waals surface area contributed by atoms with E-state index in [0.29, 0.717) is 5.69 Å². The quantitative estimate of drug-likeness (QED) is 0.841. The Kier molecular flexibility index (Phi) is 5.04. The molecule has 1 atom stereocenters. The van der Waals surface area contributed by atoms with Crippen LogP contribution in [-0.4, -0.2) is 5.91 Å². The van der Waals surface area contributed by atoms with Crippen molar-refractivity contribution in [3.63, 3.8) is 0 Å². The summed E-state index contributed by atoms with van der Waals surface area (Å²) in [5, 5.41) is 2.78. The lowest BCUT2D eigenvalue weighted by Crippen LogP contribution is -2.44. The number of carbonyl (C=O) groups excluding carboxylic acids is 1. The summed E-state index contributed by atoms with van der Waals surface area (Å²) in [6, 6.07) is 9.49. The minimum Gasteiger partial charge on any atom is -0.320 e. The van der Waals surface area contributed by atoms with E-state index < -0.39 is 0 Å². The number of anilines is 1. The molecule has 1 aromatic heterocycles. The Morgan fingerprint density at radius 1 is 1.19 bits per heavy atom. The van der Waals surface area contributed by atoms with Gasteiger partial charge in [-0.05, 0) is 36.2 Å². The first-order valence-corrected chi connectivity index (χ1v) is 7.16. The number of rotatable bonds is 5. The molecule has 1 heterocycles. The van der Waals surface area contributed by atoms with Crippen LogP contribution in [0, 0.1) is 5.82 Å². The summed E-state index contributed by atoms with van der Waals surface area (Å²) < 4.78 is 14.7. The summed E-state index contributed by atoms with van der Waals surface area (Å²) in [4.78, 5) is 12.2. The highest BCUT2D eigenvalue weighted by atomic mass is 19.1. The van der Waals surface area contributed by atoms with Crippen molar-refractivity contribution in [2.45, 2.75) is 32.7 Å². The monoisotopic (exact) mass is 287 g/mol. The van der Waals surface area contributed by atoms with Crippen LogP contribution in [0.4, 0.5) is 10.1 Å². The molecule has 1 N–H and O–H groups in total. The zero-order chi connectivity index (χ0) is 15.2. The van der Waals surface area contributed by atoms with Crippen molar-refractivity contribution in [3.05, 3.63) is 60.2 Å². The molecular formula is C17H20FN2O+. The van der Waals surface area contributed by atoms with Crippen LogP contribution in [-0.2, 0) is 11.2 Å². The first kappa shape index (κ1) is 15.2. The van der Waals surface area contributed by atoms with E-state index >= 15 is 0 Å². The maximum atomic E-state index is 12.8. The molecule has 0 radical (unpaired) electrons. The molecule has 0 fully saturated rings. The van der Waals surface area contributed by atoms with Gasteiger partial charge in [0.15, 0.2) is 12.4 Å². The number of aryl methyl sites for hydroxylation is 1. The molecule has 0 saturated carbocycles. The number of nitrogens with one attached hydrogen (secondary N) is 1. The van der Waals surface area contributed by atoms with Crippen LogP contribution in [0.25, 0.3) is 0 Å². The van der Waals surface area contributed by atoms with Crippen molar-refractivity contribution in [2.24, 2.45) is 0 Å². The van der Waals surface area contributed by atoms with E-state index in [4.69, 9.17) is 0 Å². The number of nitrogens with zero attached hydrogens (tertiary/aromatic N) is 1. The van der Waals surface area contributed by atoms with Crippen molar-refractivity contribution in [1.82, 2.24) is 0 Å². The molecule has 0 aliphatic carbocycles. The number of hydrogen-bond acceptors (Lipinski definition) is 1. The molecule has 4 heteroatoms. The van der Waals surface area contributed by atoms with E-state index in [-0.39, 0.29) is 17.8 Å². The number of amides is 1. The number of halogens is 1. The van der Waals surface area contributed by atoms with E-state index in [1.165, 1.54) is 17.7 Å². The molecule has 21 heavy (non-hydrogen) atoms. The average Bonchev–Trinajstić information content (AvgIpc) is 2.50. The summed E-state index contributed by atoms with van der Waals surface area (Å²) in [6.45, 7) is 3.97. The highest BCUT2D eigenvalue weighted by molar-refractivity contribution is 5.92. The molecule has 2 aromatic rings. The van der Waals surface area contributed by atoms with Crippen LogP contribution < -0.4 is 9.88 Å². The second-order valence-corrected chi connectivity index (χ2v) is 5.08. The number of benzene rings is 1. The summed E-state index contributed by atoms with van der Waals surface area (Å²) in [7, 11) is 0. The molecule has 0 unspecified atom stereocenters. The van der Waals surface area contributed by atoms with Crippen LogP contribution in [0.5, 0.6) is 0 Å². The first-order chi connectivity index (χ1) is 10.1. The third kappa shape index (κ3) is 4.12. The minimum atomic E-state index is -0.328. The summed E-state index contributed by atoms with van der Waals surface area (Å²) >= 11 is 0. The molecule has 0 spiro atoms. The molecular weight excluding hydrogens is 267 g/mol. The molecule has 0 bridgehead atoms. The fourth-order valence-corrected chi connectivity index (χ4v) is 2.10. The average molecular weight is 287 g/mol. The van der Waals surface area contributed by atoms with Crippen molar-refractivity contribution in [3.8, 4) is 0 Å². The second-order valence-electron chi connectivity index (χ2n) is 5.08. The molecule has 110 valence electrons. The minimum absolute atomic E-state index is 0.130. The highest BCUT2D eigenvalue weighted by Crippen LogP contribution is 2.10. The van der Waals surface area contributed by atoms with Gasteiger partial charge in [-0.1, -0.05) is 13.3 Å². The second kappa shape index (κ2) is 6.97. The SMILES string of the molecule is CCCc1cc[n+]([C@H](C)C(=O)Nc2ccc(F)cc2)cc1. The predicted octanol–water partition coefficient (Wildman–Crippen LogP) is 3.27. The van der Waals surface area contributed by atoms with Crippen LogP contribution in [0.1, 0.15) is 31.9 Å². The van der Waals surface area contributed by atoms with Crippen molar-refractivity contribution < 1.29 is 13.8 Å². The van der Waals surface area contributed by atoms with Gasteiger partial charge in [-0.3, -0.25) is 4.79 Å². The van der Waals surface area contributed by atoms with Gasteiger partial charge < -0.3 is 5.32 Å². The predicted molar refractivity (Wildman–Crippen MR) is 80.4 cm³/mol. The molecule has 0 aliphatic heterocycles. The fraction of sp³-hybridized carbons (Fsp3) is 0.294. The van der Waals surface area contributed by atoms with E-state index in [0.717, 1.165) is 12.8 Å². The van der Waals surface area contributed by atoms with Crippen LogP contribution >= 0.6 is 0 Å². The van der Waals surface area contributed by atoms with Gasteiger partial charge in [0.25, 0.3) is 5.91 Å². The van der Waals surface area contributed by atoms with E-state index in [9.17, 15) is 9.18 Å². The summed E-state index contributed by atoms with van der Waals surface area (Å²) in [5.74, 6) is -0.447. The Morgan fingerprint density at radius 2 is 1.81 bits per heavy atom.